The molecule has 0 atom stereocenters. The molecule has 0 aliphatic heterocycles. The minimum Gasteiger partial charge on any atom is -0.506 e. The number of anilines is 1. The molecule has 0 unspecified atom stereocenters. The van der Waals surface area contributed by atoms with E-state index in [1.807, 2.05) is 6.92 Å². The maximum Gasteiger partial charge on any atom is 0.139 e. The van der Waals surface area contributed by atoms with Crippen LogP contribution in [-0.4, -0.2) is 16.3 Å². The van der Waals surface area contributed by atoms with Gasteiger partial charge in [-0.1, -0.05) is 13.5 Å². The van der Waals surface area contributed by atoms with E-state index in [1.54, 1.807) is 0 Å². The molecule has 0 aromatic carbocycles. The topological polar surface area (TPSA) is 71.5 Å². The molecule has 0 spiro atoms. The Balaban J connectivity index is 3.16. The molecule has 0 aliphatic rings. The van der Waals surface area contributed by atoms with Gasteiger partial charge in [-0.2, -0.15) is 0 Å². The number of hydrogen-bond donors (Lipinski definition) is 2. The molecule has 4 heteroatoms. The van der Waals surface area contributed by atoms with Crippen molar-refractivity contribution in [1.82, 2.24) is 4.98 Å². The molecular weight excluding hydrogens is 178 g/mol. The molecule has 1 rings (SSSR count). The molecule has 0 saturated heterocycles. The van der Waals surface area contributed by atoms with Crippen LogP contribution in [0, 0.1) is 0 Å². The fourth-order valence-electron chi connectivity index (χ4n) is 1.06. The van der Waals surface area contributed by atoms with Gasteiger partial charge in [-0.05, 0) is 6.42 Å². The van der Waals surface area contributed by atoms with Gasteiger partial charge in [0.05, 0.1) is 17.6 Å². The first-order chi connectivity index (χ1) is 6.69. The summed E-state index contributed by atoms with van der Waals surface area (Å²) in [7, 11) is 0. The van der Waals surface area contributed by atoms with Crippen LogP contribution in [0.1, 0.15) is 18.3 Å². The van der Waals surface area contributed by atoms with Gasteiger partial charge in [0.25, 0.3) is 0 Å². The second-order valence-corrected chi connectivity index (χ2v) is 2.74. The lowest BCUT2D eigenvalue weighted by Crippen LogP contribution is -2.00. The summed E-state index contributed by atoms with van der Waals surface area (Å²) in [5, 5.41) is 9.43. The molecule has 0 bridgehead atoms. The Morgan fingerprint density at radius 2 is 2.43 bits per heavy atom. The fraction of sp³-hybridized carbons (Fsp3) is 0.200. The largest absolute Gasteiger partial charge is 0.506 e. The number of nitrogens with zero attached hydrogens (tertiary/aromatic N) is 2. The van der Waals surface area contributed by atoms with E-state index in [2.05, 4.69) is 16.6 Å². The summed E-state index contributed by atoms with van der Waals surface area (Å²) in [6, 6.07) is 1.48. The molecule has 0 fully saturated rings. The zero-order valence-corrected chi connectivity index (χ0v) is 8.07. The van der Waals surface area contributed by atoms with E-state index >= 15 is 0 Å². The fourth-order valence-corrected chi connectivity index (χ4v) is 1.06. The maximum atomic E-state index is 9.43. The molecule has 1 aromatic heterocycles. The highest BCUT2D eigenvalue weighted by molar-refractivity contribution is 5.85. The van der Waals surface area contributed by atoms with Gasteiger partial charge in [0.2, 0.25) is 0 Å². The van der Waals surface area contributed by atoms with Crippen LogP contribution in [0.2, 0.25) is 0 Å². The second-order valence-electron chi connectivity index (χ2n) is 2.74. The highest BCUT2D eigenvalue weighted by Gasteiger charge is 2.05. The van der Waals surface area contributed by atoms with Crippen LogP contribution in [-0.2, 0) is 6.42 Å². The third-order valence-corrected chi connectivity index (χ3v) is 1.78. The van der Waals surface area contributed by atoms with Crippen molar-refractivity contribution in [2.75, 3.05) is 5.73 Å². The molecule has 0 amide bonds. The molecule has 0 saturated carbocycles. The quantitative estimate of drug-likeness (QED) is 0.711. The summed E-state index contributed by atoms with van der Waals surface area (Å²) in [4.78, 5) is 7.98. The third-order valence-electron chi connectivity index (χ3n) is 1.78. The van der Waals surface area contributed by atoms with Gasteiger partial charge in [0.15, 0.2) is 0 Å². The molecule has 4 nitrogen and oxygen atoms in total. The van der Waals surface area contributed by atoms with Crippen molar-refractivity contribution in [1.29, 1.82) is 0 Å². The number of hydrogen-bond acceptors (Lipinski definition) is 4. The first kappa shape index (κ1) is 10.2. The average molecular weight is 191 g/mol. The van der Waals surface area contributed by atoms with Crippen LogP contribution in [0.3, 0.4) is 0 Å². The average Bonchev–Trinajstić information content (AvgIpc) is 2.17. The Hall–Kier alpha value is -1.84. The van der Waals surface area contributed by atoms with Crippen LogP contribution < -0.4 is 5.73 Å². The number of nitrogens with two attached hydrogens (primary N) is 1. The van der Waals surface area contributed by atoms with Crippen molar-refractivity contribution in [2.45, 2.75) is 13.3 Å². The number of nitrogen functional groups attached to an aromatic ring is 1. The van der Waals surface area contributed by atoms with Crippen LogP contribution in [0.15, 0.2) is 23.8 Å². The first-order valence-electron chi connectivity index (χ1n) is 4.31. The summed E-state index contributed by atoms with van der Waals surface area (Å²) in [6.45, 7) is 5.36. The van der Waals surface area contributed by atoms with E-state index in [1.165, 1.54) is 18.5 Å². The van der Waals surface area contributed by atoms with E-state index in [4.69, 9.17) is 5.73 Å². The smallest absolute Gasteiger partial charge is 0.139 e. The van der Waals surface area contributed by atoms with Crippen LogP contribution in [0.5, 0.6) is 5.75 Å². The SMILES string of the molecule is C=CN=Cc1nc(CC)c(O)cc1N. The zero-order valence-electron chi connectivity index (χ0n) is 8.07. The molecule has 14 heavy (non-hydrogen) atoms. The monoisotopic (exact) mass is 191 g/mol. The Morgan fingerprint density at radius 3 is 3.00 bits per heavy atom. The second kappa shape index (κ2) is 4.41. The van der Waals surface area contributed by atoms with Crippen LogP contribution in [0.4, 0.5) is 5.69 Å². The number of aryl methyl sites for hydroxylation is 1. The Kier molecular flexibility index (Phi) is 3.23. The molecule has 0 aliphatic carbocycles. The number of aliphatic imine (C=N–C) groups is 1. The van der Waals surface area contributed by atoms with Gasteiger partial charge in [0, 0.05) is 12.3 Å². The number of rotatable bonds is 3. The van der Waals surface area contributed by atoms with Crippen LogP contribution >= 0.6 is 0 Å². The lowest BCUT2D eigenvalue weighted by Gasteiger charge is -2.04. The first-order valence-corrected chi connectivity index (χ1v) is 4.31. The van der Waals surface area contributed by atoms with Crippen molar-refractivity contribution in [3.8, 4) is 5.75 Å². The van der Waals surface area contributed by atoms with E-state index in [0.29, 0.717) is 23.5 Å². The minimum atomic E-state index is 0.126. The van der Waals surface area contributed by atoms with Crippen LogP contribution in [0.25, 0.3) is 0 Å². The normalized spacial score (nSPS) is 10.6. The van der Waals surface area contributed by atoms with Crippen molar-refractivity contribution in [3.63, 3.8) is 0 Å². The molecule has 1 heterocycles. The standard InChI is InChI=1S/C10H13N3O/c1-3-8-10(14)5-7(11)9(13-8)6-12-4-2/h4-6,14H,2-3,11H2,1H3. The van der Waals surface area contributed by atoms with E-state index < -0.39 is 0 Å². The predicted molar refractivity (Wildman–Crippen MR) is 57.5 cm³/mol. The highest BCUT2D eigenvalue weighted by atomic mass is 16.3. The highest BCUT2D eigenvalue weighted by Crippen LogP contribution is 2.20. The van der Waals surface area contributed by atoms with Crippen molar-refractivity contribution < 1.29 is 5.11 Å². The Bertz CT molecular complexity index is 372. The van der Waals surface area contributed by atoms with Crippen molar-refractivity contribution in [2.24, 2.45) is 4.99 Å². The molecule has 74 valence electrons. The molecule has 3 N–H and O–H groups in total. The van der Waals surface area contributed by atoms with Gasteiger partial charge in [-0.15, -0.1) is 0 Å². The maximum absolute atomic E-state index is 9.43. The van der Waals surface area contributed by atoms with Gasteiger partial charge < -0.3 is 10.8 Å². The lowest BCUT2D eigenvalue weighted by atomic mass is 10.2. The van der Waals surface area contributed by atoms with E-state index in [0.717, 1.165) is 0 Å². The molecule has 0 radical (unpaired) electrons. The summed E-state index contributed by atoms with van der Waals surface area (Å²) in [6.07, 6.45) is 3.57. The summed E-state index contributed by atoms with van der Waals surface area (Å²) < 4.78 is 0. The van der Waals surface area contributed by atoms with E-state index in [-0.39, 0.29) is 5.75 Å². The number of aromatic hydroxyl groups is 1. The van der Waals surface area contributed by atoms with Crippen molar-refractivity contribution in [3.05, 3.63) is 30.2 Å². The zero-order chi connectivity index (χ0) is 10.6. The lowest BCUT2D eigenvalue weighted by molar-refractivity contribution is 0.465. The van der Waals surface area contributed by atoms with Gasteiger partial charge in [-0.3, -0.25) is 4.99 Å². The van der Waals surface area contributed by atoms with Gasteiger partial charge >= 0.3 is 0 Å². The number of aromatic nitrogens is 1. The minimum absolute atomic E-state index is 0.126. The van der Waals surface area contributed by atoms with E-state index in [9.17, 15) is 5.11 Å². The number of pyridine rings is 1. The third kappa shape index (κ3) is 2.10. The van der Waals surface area contributed by atoms with Gasteiger partial charge in [0.1, 0.15) is 11.4 Å². The summed E-state index contributed by atoms with van der Waals surface area (Å²) in [5.41, 5.74) is 7.22. The van der Waals surface area contributed by atoms with Crippen molar-refractivity contribution >= 4 is 11.9 Å². The van der Waals surface area contributed by atoms with Gasteiger partial charge in [-0.25, -0.2) is 4.98 Å². The summed E-state index contributed by atoms with van der Waals surface area (Å²) in [5.74, 6) is 0.126. The Morgan fingerprint density at radius 1 is 1.71 bits per heavy atom. The summed E-state index contributed by atoms with van der Waals surface area (Å²) >= 11 is 0. The Labute approximate surface area is 82.8 Å². The predicted octanol–water partition coefficient (Wildman–Crippen LogP) is 1.49. The molecule has 1 aromatic rings. The molecular formula is C10H13N3O.